The molecule has 2 N–H and O–H groups in total. The van der Waals surface area contributed by atoms with Gasteiger partial charge in [-0.15, -0.1) is 0 Å². The lowest BCUT2D eigenvalue weighted by molar-refractivity contribution is -0.130. The molecule has 100 valence electrons. The second-order valence-electron chi connectivity index (χ2n) is 4.36. The predicted molar refractivity (Wildman–Crippen MR) is 64.8 cm³/mol. The molecule has 0 aromatic heterocycles. The molecule has 1 amide bonds. The maximum absolute atomic E-state index is 13.1. The fourth-order valence-electron chi connectivity index (χ4n) is 1.91. The molecule has 0 radical (unpaired) electrons. The van der Waals surface area contributed by atoms with Gasteiger partial charge in [-0.2, -0.15) is 0 Å². The van der Waals surface area contributed by atoms with Crippen LogP contribution in [0, 0.1) is 23.0 Å². The Hall–Kier alpha value is -2.24. The first-order chi connectivity index (χ1) is 8.90. The largest absolute Gasteiger partial charge is 0.511 e. The van der Waals surface area contributed by atoms with Crippen LogP contribution in [0.3, 0.4) is 0 Å². The van der Waals surface area contributed by atoms with Gasteiger partial charge in [0.1, 0.15) is 11.6 Å². The van der Waals surface area contributed by atoms with E-state index in [1.54, 1.807) is 0 Å². The van der Waals surface area contributed by atoms with Gasteiger partial charge in [0, 0.05) is 13.1 Å². The molecule has 2 rings (SSSR count). The van der Waals surface area contributed by atoms with E-state index in [4.69, 9.17) is 5.41 Å². The van der Waals surface area contributed by atoms with E-state index >= 15 is 0 Å². The van der Waals surface area contributed by atoms with Crippen molar-refractivity contribution >= 4 is 11.7 Å². The van der Waals surface area contributed by atoms with Gasteiger partial charge < -0.3 is 5.11 Å². The zero-order valence-corrected chi connectivity index (χ0v) is 10.2. The normalized spacial score (nSPS) is 19.6. The quantitative estimate of drug-likeness (QED) is 0.860. The van der Waals surface area contributed by atoms with Gasteiger partial charge in [0.25, 0.3) is 0 Å². The minimum atomic E-state index is -0.995. The van der Waals surface area contributed by atoms with Crippen molar-refractivity contribution in [3.8, 4) is 0 Å². The van der Waals surface area contributed by atoms with Crippen LogP contribution in [0.4, 0.5) is 8.78 Å². The van der Waals surface area contributed by atoms with Gasteiger partial charge in [0.05, 0.1) is 5.92 Å². The van der Waals surface area contributed by atoms with Crippen LogP contribution in [0.25, 0.3) is 0 Å². The fraction of sp³-hybridized carbons (Fsp3) is 0.231. The van der Waals surface area contributed by atoms with Crippen molar-refractivity contribution in [2.45, 2.75) is 6.42 Å². The molecule has 0 spiro atoms. The first-order valence-corrected chi connectivity index (χ1v) is 5.60. The molecule has 4 nitrogen and oxygen atoms in total. The van der Waals surface area contributed by atoms with Crippen LogP contribution >= 0.6 is 0 Å². The van der Waals surface area contributed by atoms with Crippen LogP contribution < -0.4 is 0 Å². The Bertz CT molecular complexity index is 584. The van der Waals surface area contributed by atoms with Crippen molar-refractivity contribution in [2.75, 3.05) is 7.05 Å². The van der Waals surface area contributed by atoms with Gasteiger partial charge in [-0.3, -0.25) is 15.1 Å². The zero-order valence-electron chi connectivity index (χ0n) is 10.2. The lowest BCUT2D eigenvalue weighted by atomic mass is 9.93. The summed E-state index contributed by atoms with van der Waals surface area (Å²) in [7, 11) is 1.42. The first-order valence-electron chi connectivity index (χ1n) is 5.60. The summed E-state index contributed by atoms with van der Waals surface area (Å²) in [6.45, 7) is 0. The fourth-order valence-corrected chi connectivity index (χ4v) is 1.91. The number of benzene rings is 1. The number of aliphatic hydroxyl groups is 1. The van der Waals surface area contributed by atoms with Crippen molar-refractivity contribution in [2.24, 2.45) is 5.92 Å². The number of carbonyl (C=O) groups excluding carboxylic acids is 1. The smallest absolute Gasteiger partial charge is 0.238 e. The van der Waals surface area contributed by atoms with Crippen LogP contribution in [0.5, 0.6) is 0 Å². The molecule has 6 heteroatoms. The monoisotopic (exact) mass is 266 g/mol. The minimum Gasteiger partial charge on any atom is -0.511 e. The van der Waals surface area contributed by atoms with Gasteiger partial charge >= 0.3 is 0 Å². The van der Waals surface area contributed by atoms with E-state index in [2.05, 4.69) is 0 Å². The summed E-state index contributed by atoms with van der Waals surface area (Å²) in [6, 6.07) is 3.33. The predicted octanol–water partition coefficient (Wildman–Crippen LogP) is 2.01. The topological polar surface area (TPSA) is 64.4 Å². The molecule has 1 atom stereocenters. The maximum atomic E-state index is 13.1. The summed E-state index contributed by atoms with van der Waals surface area (Å²) in [5, 5.41) is 17.2. The molecule has 1 aromatic carbocycles. The molecule has 0 fully saturated rings. The molecule has 1 heterocycles. The van der Waals surface area contributed by atoms with Crippen molar-refractivity contribution in [3.05, 3.63) is 47.2 Å². The standard InChI is InChI=1S/C13H12F2N2O2/c1-17-12(16)6-11(18)8(13(17)19)4-7-2-3-9(14)10(15)5-7/h2-3,5-6,8,16,18H,4H2,1H3. The van der Waals surface area contributed by atoms with Gasteiger partial charge in [0.15, 0.2) is 11.6 Å². The zero-order chi connectivity index (χ0) is 14.2. The molecule has 19 heavy (non-hydrogen) atoms. The molecule has 0 bridgehead atoms. The highest BCUT2D eigenvalue weighted by Gasteiger charge is 2.32. The summed E-state index contributed by atoms with van der Waals surface area (Å²) >= 11 is 0. The number of hydrogen-bond acceptors (Lipinski definition) is 3. The van der Waals surface area contributed by atoms with Crippen LogP contribution in [-0.4, -0.2) is 28.8 Å². The van der Waals surface area contributed by atoms with E-state index in [1.165, 1.54) is 19.2 Å². The van der Waals surface area contributed by atoms with E-state index in [0.717, 1.165) is 17.0 Å². The third kappa shape index (κ3) is 2.47. The Kier molecular flexibility index (Phi) is 3.33. The third-order valence-corrected chi connectivity index (χ3v) is 3.06. The van der Waals surface area contributed by atoms with E-state index in [1.807, 2.05) is 0 Å². The second-order valence-corrected chi connectivity index (χ2v) is 4.36. The van der Waals surface area contributed by atoms with Gasteiger partial charge in [0.2, 0.25) is 5.91 Å². The molecule has 0 saturated heterocycles. The van der Waals surface area contributed by atoms with E-state index < -0.39 is 23.5 Å². The Morgan fingerprint density at radius 3 is 2.68 bits per heavy atom. The molecule has 0 saturated carbocycles. The van der Waals surface area contributed by atoms with Crippen LogP contribution in [0.1, 0.15) is 5.56 Å². The number of likely N-dealkylation sites (N-methyl/N-ethyl adjacent to an activating group) is 1. The SMILES string of the molecule is CN1C(=N)C=C(O)C(Cc2ccc(F)c(F)c2)C1=O. The van der Waals surface area contributed by atoms with Crippen molar-refractivity contribution < 1.29 is 18.7 Å². The van der Waals surface area contributed by atoms with E-state index in [-0.39, 0.29) is 18.0 Å². The molecule has 1 unspecified atom stereocenters. The minimum absolute atomic E-state index is 0.0516. The van der Waals surface area contributed by atoms with E-state index in [9.17, 15) is 18.7 Å². The number of hydrogen-bond donors (Lipinski definition) is 2. The van der Waals surface area contributed by atoms with Crippen molar-refractivity contribution in [1.29, 1.82) is 5.41 Å². The number of nitrogens with zero attached hydrogens (tertiary/aromatic N) is 1. The van der Waals surface area contributed by atoms with Crippen molar-refractivity contribution in [3.63, 3.8) is 0 Å². The summed E-state index contributed by atoms with van der Waals surface area (Å²) in [5.74, 6) is -3.62. The molecule has 1 aliphatic rings. The Morgan fingerprint density at radius 2 is 2.05 bits per heavy atom. The Morgan fingerprint density at radius 1 is 1.37 bits per heavy atom. The Balaban J connectivity index is 2.27. The maximum Gasteiger partial charge on any atom is 0.238 e. The van der Waals surface area contributed by atoms with Crippen LogP contribution in [-0.2, 0) is 11.2 Å². The Labute approximate surface area is 108 Å². The highest BCUT2D eigenvalue weighted by Crippen LogP contribution is 2.23. The molecule has 1 aromatic rings. The van der Waals surface area contributed by atoms with Gasteiger partial charge in [-0.05, 0) is 24.1 Å². The summed E-state index contributed by atoms with van der Waals surface area (Å²) < 4.78 is 25.9. The van der Waals surface area contributed by atoms with Gasteiger partial charge in [-0.1, -0.05) is 6.07 Å². The van der Waals surface area contributed by atoms with Gasteiger partial charge in [-0.25, -0.2) is 8.78 Å². The molecule has 0 aliphatic carbocycles. The number of nitrogens with one attached hydrogen (secondary N) is 1. The molecular weight excluding hydrogens is 254 g/mol. The average molecular weight is 266 g/mol. The number of carbonyl (C=O) groups is 1. The number of aliphatic hydroxyl groups excluding tert-OH is 1. The molecular formula is C13H12F2N2O2. The number of halogens is 2. The third-order valence-electron chi connectivity index (χ3n) is 3.06. The van der Waals surface area contributed by atoms with Crippen LogP contribution in [0.15, 0.2) is 30.0 Å². The van der Waals surface area contributed by atoms with Crippen LogP contribution in [0.2, 0.25) is 0 Å². The summed E-state index contributed by atoms with van der Waals surface area (Å²) in [6.07, 6.45) is 1.22. The van der Waals surface area contributed by atoms with E-state index in [0.29, 0.717) is 5.56 Å². The summed E-state index contributed by atoms with van der Waals surface area (Å²) in [5.41, 5.74) is 0.402. The number of rotatable bonds is 2. The van der Waals surface area contributed by atoms with Crippen molar-refractivity contribution in [1.82, 2.24) is 4.90 Å². The highest BCUT2D eigenvalue weighted by molar-refractivity contribution is 6.06. The first kappa shape index (κ1) is 13.2. The average Bonchev–Trinajstić information content (AvgIpc) is 2.36. The lowest BCUT2D eigenvalue weighted by Gasteiger charge is -2.27. The lowest BCUT2D eigenvalue weighted by Crippen LogP contribution is -2.42. The number of amidine groups is 1. The molecule has 1 aliphatic heterocycles. The highest BCUT2D eigenvalue weighted by atomic mass is 19.2. The number of amides is 1. The second kappa shape index (κ2) is 4.79. The summed E-state index contributed by atoms with van der Waals surface area (Å²) in [4.78, 5) is 13.0.